The van der Waals surface area contributed by atoms with Crippen LogP contribution >= 0.6 is 11.3 Å². The minimum absolute atomic E-state index is 0.0161. The third kappa shape index (κ3) is 3.03. The number of aromatic nitrogens is 2. The number of hydrogen-bond donors (Lipinski definition) is 2. The summed E-state index contributed by atoms with van der Waals surface area (Å²) in [5.41, 5.74) is 6.38. The Hall–Kier alpha value is -1.99. The van der Waals surface area contributed by atoms with Gasteiger partial charge in [0.25, 0.3) is 0 Å². The van der Waals surface area contributed by atoms with Gasteiger partial charge in [-0.2, -0.15) is 0 Å². The molecule has 110 valence electrons. The molecule has 3 rings (SSSR count). The van der Waals surface area contributed by atoms with E-state index < -0.39 is 0 Å². The molecule has 1 aliphatic rings. The van der Waals surface area contributed by atoms with Crippen LogP contribution < -0.4 is 11.1 Å². The zero-order valence-electron chi connectivity index (χ0n) is 11.5. The van der Waals surface area contributed by atoms with Crippen LogP contribution in [0.15, 0.2) is 29.8 Å². The van der Waals surface area contributed by atoms with Crippen LogP contribution in [0.5, 0.6) is 0 Å². The predicted molar refractivity (Wildman–Crippen MR) is 82.4 cm³/mol. The molecule has 0 saturated carbocycles. The number of hydrogen-bond acceptors (Lipinski definition) is 6. The van der Waals surface area contributed by atoms with E-state index in [1.54, 1.807) is 6.20 Å². The summed E-state index contributed by atoms with van der Waals surface area (Å²) < 4.78 is 0. The second kappa shape index (κ2) is 6.19. The van der Waals surface area contributed by atoms with E-state index in [0.29, 0.717) is 0 Å². The summed E-state index contributed by atoms with van der Waals surface area (Å²) in [4.78, 5) is 22.5. The van der Waals surface area contributed by atoms with Gasteiger partial charge in [0.15, 0.2) is 5.13 Å². The first-order chi connectivity index (χ1) is 10.3. The smallest absolute Gasteiger partial charge is 0.236 e. The fraction of sp³-hybridized carbons (Fsp3) is 0.357. The number of nitrogens with one attached hydrogen (secondary N) is 1. The Bertz CT molecular complexity index is 616. The number of anilines is 2. The zero-order chi connectivity index (χ0) is 14.7. The minimum atomic E-state index is -0.0161. The van der Waals surface area contributed by atoms with E-state index in [2.05, 4.69) is 15.3 Å². The summed E-state index contributed by atoms with van der Waals surface area (Å²) in [7, 11) is 0. The summed E-state index contributed by atoms with van der Waals surface area (Å²) in [5.74, 6) is 0.729. The summed E-state index contributed by atoms with van der Waals surface area (Å²) in [6.45, 7) is 0.806. The lowest BCUT2D eigenvalue weighted by Crippen LogP contribution is -2.35. The molecule has 0 bridgehead atoms. The van der Waals surface area contributed by atoms with Gasteiger partial charge in [-0.05, 0) is 25.0 Å². The van der Waals surface area contributed by atoms with Gasteiger partial charge in [0.2, 0.25) is 5.91 Å². The number of thiazole rings is 1. The van der Waals surface area contributed by atoms with E-state index >= 15 is 0 Å². The average molecular weight is 303 g/mol. The SMILES string of the molecule is NCC(=O)N1CCC[C@@H]1c1cccc(Nc2nccs2)n1. The molecule has 0 spiro atoms. The summed E-state index contributed by atoms with van der Waals surface area (Å²) in [5, 5.41) is 5.89. The number of carbonyl (C=O) groups is 1. The Morgan fingerprint density at radius 1 is 1.52 bits per heavy atom. The number of carbonyl (C=O) groups excluding carboxylic acids is 1. The highest BCUT2D eigenvalue weighted by atomic mass is 32.1. The van der Waals surface area contributed by atoms with E-state index in [4.69, 9.17) is 5.73 Å². The van der Waals surface area contributed by atoms with Crippen molar-refractivity contribution in [2.75, 3.05) is 18.4 Å². The van der Waals surface area contributed by atoms with Gasteiger partial charge in [-0.15, -0.1) is 11.3 Å². The summed E-state index contributed by atoms with van der Waals surface area (Å²) in [6.07, 6.45) is 3.66. The van der Waals surface area contributed by atoms with E-state index in [9.17, 15) is 4.79 Å². The van der Waals surface area contributed by atoms with Crippen LogP contribution in [0.4, 0.5) is 10.9 Å². The highest BCUT2D eigenvalue weighted by Crippen LogP contribution is 2.31. The van der Waals surface area contributed by atoms with Gasteiger partial charge < -0.3 is 16.0 Å². The molecule has 1 saturated heterocycles. The van der Waals surface area contributed by atoms with Crippen LogP contribution in [0.25, 0.3) is 0 Å². The molecule has 1 atom stereocenters. The van der Waals surface area contributed by atoms with Crippen molar-refractivity contribution < 1.29 is 4.79 Å². The van der Waals surface area contributed by atoms with Crippen LogP contribution in [0.2, 0.25) is 0 Å². The fourth-order valence-corrected chi connectivity index (χ4v) is 3.13. The highest BCUT2D eigenvalue weighted by molar-refractivity contribution is 7.13. The van der Waals surface area contributed by atoms with Crippen molar-refractivity contribution in [2.45, 2.75) is 18.9 Å². The molecular weight excluding hydrogens is 286 g/mol. The monoisotopic (exact) mass is 303 g/mol. The molecule has 6 nitrogen and oxygen atoms in total. The van der Waals surface area contributed by atoms with Gasteiger partial charge in [-0.25, -0.2) is 9.97 Å². The lowest BCUT2D eigenvalue weighted by Gasteiger charge is -2.24. The molecule has 1 aliphatic heterocycles. The fourth-order valence-electron chi connectivity index (χ4n) is 2.59. The first-order valence-corrected chi connectivity index (χ1v) is 7.79. The van der Waals surface area contributed by atoms with Crippen molar-refractivity contribution in [2.24, 2.45) is 5.73 Å². The number of amides is 1. The molecule has 1 amide bonds. The van der Waals surface area contributed by atoms with Crippen LogP contribution in [-0.4, -0.2) is 33.9 Å². The Balaban J connectivity index is 1.80. The molecule has 2 aromatic heterocycles. The van der Waals surface area contributed by atoms with Gasteiger partial charge in [0.05, 0.1) is 18.3 Å². The van der Waals surface area contributed by atoms with Gasteiger partial charge in [0, 0.05) is 18.1 Å². The van der Waals surface area contributed by atoms with Gasteiger partial charge >= 0.3 is 0 Å². The summed E-state index contributed by atoms with van der Waals surface area (Å²) in [6, 6.07) is 5.83. The number of rotatable bonds is 4. The highest BCUT2D eigenvalue weighted by Gasteiger charge is 2.30. The maximum absolute atomic E-state index is 11.9. The van der Waals surface area contributed by atoms with Gasteiger partial charge in [-0.3, -0.25) is 4.79 Å². The molecule has 7 heteroatoms. The maximum atomic E-state index is 11.9. The van der Waals surface area contributed by atoms with Crippen molar-refractivity contribution in [3.8, 4) is 0 Å². The molecule has 3 heterocycles. The van der Waals surface area contributed by atoms with E-state index in [1.807, 2.05) is 28.5 Å². The lowest BCUT2D eigenvalue weighted by molar-refractivity contribution is -0.130. The van der Waals surface area contributed by atoms with Crippen molar-refractivity contribution in [1.82, 2.24) is 14.9 Å². The molecule has 0 aliphatic carbocycles. The average Bonchev–Trinajstić information content (AvgIpc) is 3.17. The normalized spacial score (nSPS) is 18.0. The Labute approximate surface area is 127 Å². The van der Waals surface area contributed by atoms with Crippen LogP contribution in [0.1, 0.15) is 24.6 Å². The number of likely N-dealkylation sites (tertiary alicyclic amines) is 1. The number of nitrogens with two attached hydrogens (primary N) is 1. The van der Waals surface area contributed by atoms with E-state index in [0.717, 1.165) is 36.0 Å². The third-order valence-corrected chi connectivity index (χ3v) is 4.22. The first kappa shape index (κ1) is 14.0. The largest absolute Gasteiger partial charge is 0.333 e. The number of pyridine rings is 1. The standard InChI is InChI=1S/C14H17N5OS/c15-9-13(20)19-7-2-4-11(19)10-3-1-5-12(17-10)18-14-16-6-8-21-14/h1,3,5-6,8,11H,2,4,7,9,15H2,(H,16,17,18)/t11-/m1/s1. The molecule has 1 fully saturated rings. The van der Waals surface area contributed by atoms with Crippen molar-refractivity contribution in [3.05, 3.63) is 35.5 Å². The van der Waals surface area contributed by atoms with Crippen molar-refractivity contribution in [1.29, 1.82) is 0 Å². The lowest BCUT2D eigenvalue weighted by atomic mass is 10.1. The molecule has 0 aromatic carbocycles. The second-order valence-electron chi connectivity index (χ2n) is 4.86. The second-order valence-corrected chi connectivity index (χ2v) is 5.75. The Kier molecular flexibility index (Phi) is 4.12. The van der Waals surface area contributed by atoms with E-state index in [-0.39, 0.29) is 18.5 Å². The third-order valence-electron chi connectivity index (χ3n) is 3.53. The number of nitrogens with zero attached hydrogens (tertiary/aromatic N) is 3. The molecule has 3 N–H and O–H groups in total. The quantitative estimate of drug-likeness (QED) is 0.901. The molecule has 21 heavy (non-hydrogen) atoms. The van der Waals surface area contributed by atoms with E-state index in [1.165, 1.54) is 11.3 Å². The van der Waals surface area contributed by atoms with Gasteiger partial charge in [0.1, 0.15) is 5.82 Å². The molecule has 0 unspecified atom stereocenters. The zero-order valence-corrected chi connectivity index (χ0v) is 12.3. The topological polar surface area (TPSA) is 84.1 Å². The Morgan fingerprint density at radius 3 is 3.19 bits per heavy atom. The minimum Gasteiger partial charge on any atom is -0.333 e. The molecule has 0 radical (unpaired) electrons. The Morgan fingerprint density at radius 2 is 2.43 bits per heavy atom. The van der Waals surface area contributed by atoms with Gasteiger partial charge in [-0.1, -0.05) is 6.07 Å². The summed E-state index contributed by atoms with van der Waals surface area (Å²) >= 11 is 1.52. The van der Waals surface area contributed by atoms with Crippen LogP contribution in [0, 0.1) is 0 Å². The van der Waals surface area contributed by atoms with Crippen molar-refractivity contribution >= 4 is 28.2 Å². The first-order valence-electron chi connectivity index (χ1n) is 6.91. The predicted octanol–water partition coefficient (Wildman–Crippen LogP) is 1.90. The molecular formula is C14H17N5OS. The van der Waals surface area contributed by atoms with Crippen LogP contribution in [-0.2, 0) is 4.79 Å². The molecule has 2 aromatic rings. The maximum Gasteiger partial charge on any atom is 0.236 e. The van der Waals surface area contributed by atoms with Crippen LogP contribution in [0.3, 0.4) is 0 Å². The van der Waals surface area contributed by atoms with Crippen molar-refractivity contribution in [3.63, 3.8) is 0 Å².